The van der Waals surface area contributed by atoms with E-state index in [1.807, 2.05) is 0 Å². The van der Waals surface area contributed by atoms with Gasteiger partial charge in [0, 0.05) is 11.8 Å². The van der Waals surface area contributed by atoms with Crippen molar-refractivity contribution in [2.24, 2.45) is 0 Å². The molecule has 0 fully saturated rings. The summed E-state index contributed by atoms with van der Waals surface area (Å²) in [6, 6.07) is 12.4. The molecule has 0 bridgehead atoms. The lowest BCUT2D eigenvalue weighted by atomic mass is 10.1. The van der Waals surface area contributed by atoms with Crippen molar-refractivity contribution in [3.63, 3.8) is 0 Å². The van der Waals surface area contributed by atoms with Gasteiger partial charge < -0.3 is 19.2 Å². The third-order valence-corrected chi connectivity index (χ3v) is 3.72. The minimum Gasteiger partial charge on any atom is -0.496 e. The smallest absolute Gasteiger partial charge is 0.374 e. The van der Waals surface area contributed by atoms with Gasteiger partial charge >= 0.3 is 5.97 Å². The summed E-state index contributed by atoms with van der Waals surface area (Å²) in [4.78, 5) is 36.2. The van der Waals surface area contributed by atoms with Gasteiger partial charge in [-0.05, 0) is 30.3 Å². The largest absolute Gasteiger partial charge is 0.496 e. The Morgan fingerprint density at radius 2 is 1.81 bits per heavy atom. The van der Waals surface area contributed by atoms with Gasteiger partial charge in [0.25, 0.3) is 5.91 Å². The Labute approximate surface area is 148 Å². The minimum absolute atomic E-state index is 0.184. The molecule has 0 aliphatic heterocycles. The van der Waals surface area contributed by atoms with Crippen LogP contribution in [0, 0.1) is 0 Å². The fourth-order valence-electron chi connectivity index (χ4n) is 2.47. The quantitative estimate of drug-likeness (QED) is 0.725. The fourth-order valence-corrected chi connectivity index (χ4v) is 2.47. The number of ether oxygens (including phenoxy) is 2. The van der Waals surface area contributed by atoms with E-state index in [0.29, 0.717) is 17.0 Å². The molecule has 0 radical (unpaired) electrons. The third kappa shape index (κ3) is 3.27. The van der Waals surface area contributed by atoms with Crippen molar-refractivity contribution in [2.45, 2.75) is 0 Å². The van der Waals surface area contributed by atoms with Crippen LogP contribution < -0.4 is 15.5 Å². The summed E-state index contributed by atoms with van der Waals surface area (Å²) in [7, 11) is 2.68. The average molecular weight is 353 g/mol. The van der Waals surface area contributed by atoms with Gasteiger partial charge in [-0.3, -0.25) is 9.59 Å². The molecular weight excluding hydrogens is 338 g/mol. The number of hydrogen-bond acceptors (Lipinski definition) is 6. The monoisotopic (exact) mass is 353 g/mol. The summed E-state index contributed by atoms with van der Waals surface area (Å²) in [5.41, 5.74) is 0.572. The van der Waals surface area contributed by atoms with Crippen LogP contribution in [0.5, 0.6) is 5.75 Å². The molecule has 0 saturated carbocycles. The molecule has 1 heterocycles. The first kappa shape index (κ1) is 17.2. The molecule has 3 rings (SSSR count). The van der Waals surface area contributed by atoms with E-state index in [4.69, 9.17) is 9.15 Å². The van der Waals surface area contributed by atoms with E-state index in [9.17, 15) is 14.4 Å². The van der Waals surface area contributed by atoms with Crippen LogP contribution in [0.3, 0.4) is 0 Å². The zero-order valence-electron chi connectivity index (χ0n) is 14.1. The average Bonchev–Trinajstić information content (AvgIpc) is 2.67. The second kappa shape index (κ2) is 7.10. The highest BCUT2D eigenvalue weighted by molar-refractivity contribution is 6.06. The lowest BCUT2D eigenvalue weighted by molar-refractivity contribution is 0.0565. The highest BCUT2D eigenvalue weighted by atomic mass is 16.5. The van der Waals surface area contributed by atoms with Gasteiger partial charge in [-0.25, -0.2) is 4.79 Å². The molecule has 0 atom stereocenters. The van der Waals surface area contributed by atoms with Gasteiger partial charge in [-0.15, -0.1) is 0 Å². The third-order valence-electron chi connectivity index (χ3n) is 3.72. The standard InChI is InChI=1S/C19H15NO6/c1-24-15-6-4-3-5-12(15)18(22)20-11-7-8-16-13(9-11)14(21)10-17(26-16)19(23)25-2/h3-10H,1-2H3,(H,20,22). The number of para-hydroxylation sites is 1. The summed E-state index contributed by atoms with van der Waals surface area (Å²) in [5, 5.41) is 2.94. The van der Waals surface area contributed by atoms with Crippen molar-refractivity contribution >= 4 is 28.5 Å². The second-order valence-electron chi connectivity index (χ2n) is 5.33. The molecule has 2 aromatic carbocycles. The Balaban J connectivity index is 1.94. The highest BCUT2D eigenvalue weighted by Gasteiger charge is 2.15. The van der Waals surface area contributed by atoms with E-state index in [1.54, 1.807) is 30.3 Å². The van der Waals surface area contributed by atoms with Crippen LogP contribution >= 0.6 is 0 Å². The van der Waals surface area contributed by atoms with Crippen molar-refractivity contribution in [1.82, 2.24) is 0 Å². The van der Waals surface area contributed by atoms with Crippen molar-refractivity contribution in [3.8, 4) is 5.75 Å². The molecule has 132 valence electrons. The van der Waals surface area contributed by atoms with Crippen LogP contribution in [0.2, 0.25) is 0 Å². The SMILES string of the molecule is COC(=O)c1cc(=O)c2cc(NC(=O)c3ccccc3OC)ccc2o1. The Kier molecular flexibility index (Phi) is 4.70. The number of amides is 1. The van der Waals surface area contributed by atoms with Crippen molar-refractivity contribution in [3.05, 3.63) is 70.1 Å². The number of esters is 1. The van der Waals surface area contributed by atoms with Crippen LogP contribution in [0.25, 0.3) is 11.0 Å². The molecule has 0 aliphatic carbocycles. The zero-order chi connectivity index (χ0) is 18.7. The molecule has 0 unspecified atom stereocenters. The number of nitrogens with one attached hydrogen (secondary N) is 1. The van der Waals surface area contributed by atoms with Gasteiger partial charge in [0.05, 0.1) is 25.2 Å². The molecule has 26 heavy (non-hydrogen) atoms. The molecule has 7 heteroatoms. The summed E-state index contributed by atoms with van der Waals surface area (Å²) in [6.07, 6.45) is 0. The van der Waals surface area contributed by atoms with Crippen molar-refractivity contribution in [2.75, 3.05) is 19.5 Å². The Hall–Kier alpha value is -3.61. The van der Waals surface area contributed by atoms with Crippen LogP contribution in [0.15, 0.2) is 57.7 Å². The normalized spacial score (nSPS) is 10.4. The lowest BCUT2D eigenvalue weighted by Gasteiger charge is -2.09. The molecule has 7 nitrogen and oxygen atoms in total. The van der Waals surface area contributed by atoms with Gasteiger partial charge in [0.2, 0.25) is 5.76 Å². The Morgan fingerprint density at radius 3 is 2.54 bits per heavy atom. The summed E-state index contributed by atoms with van der Waals surface area (Å²) >= 11 is 0. The maximum Gasteiger partial charge on any atom is 0.374 e. The summed E-state index contributed by atoms with van der Waals surface area (Å²) in [5.74, 6) is -0.862. The molecule has 3 aromatic rings. The van der Waals surface area contributed by atoms with Gasteiger partial charge in [0.1, 0.15) is 11.3 Å². The first-order valence-electron chi connectivity index (χ1n) is 7.64. The number of anilines is 1. The van der Waals surface area contributed by atoms with E-state index >= 15 is 0 Å². The Bertz CT molecular complexity index is 1050. The van der Waals surface area contributed by atoms with E-state index in [1.165, 1.54) is 26.4 Å². The molecule has 0 aliphatic rings. The van der Waals surface area contributed by atoms with E-state index in [-0.39, 0.29) is 22.6 Å². The number of rotatable bonds is 4. The van der Waals surface area contributed by atoms with Gasteiger partial charge in [0.15, 0.2) is 5.43 Å². The van der Waals surface area contributed by atoms with Crippen LogP contribution in [-0.4, -0.2) is 26.1 Å². The van der Waals surface area contributed by atoms with Crippen molar-refractivity contribution in [1.29, 1.82) is 0 Å². The number of methoxy groups -OCH3 is 2. The molecule has 1 amide bonds. The zero-order valence-corrected chi connectivity index (χ0v) is 14.1. The van der Waals surface area contributed by atoms with Gasteiger partial charge in [-0.2, -0.15) is 0 Å². The number of fused-ring (bicyclic) bond motifs is 1. The second-order valence-corrected chi connectivity index (χ2v) is 5.33. The number of carbonyl (C=O) groups is 2. The lowest BCUT2D eigenvalue weighted by Crippen LogP contribution is -2.14. The predicted octanol–water partition coefficient (Wildman–Crippen LogP) is 2.84. The molecular formula is C19H15NO6. The van der Waals surface area contributed by atoms with Crippen LogP contribution in [0.4, 0.5) is 5.69 Å². The van der Waals surface area contributed by atoms with E-state index in [2.05, 4.69) is 10.1 Å². The molecule has 1 aromatic heterocycles. The number of carbonyl (C=O) groups excluding carboxylic acids is 2. The topological polar surface area (TPSA) is 94.8 Å². The number of benzene rings is 2. The van der Waals surface area contributed by atoms with Crippen LogP contribution in [0.1, 0.15) is 20.9 Å². The molecule has 1 N–H and O–H groups in total. The maximum absolute atomic E-state index is 12.4. The number of hydrogen-bond donors (Lipinski definition) is 1. The summed E-state index contributed by atoms with van der Waals surface area (Å²) < 4.78 is 15.1. The Morgan fingerprint density at radius 1 is 1.04 bits per heavy atom. The summed E-state index contributed by atoms with van der Waals surface area (Å²) in [6.45, 7) is 0. The van der Waals surface area contributed by atoms with Crippen molar-refractivity contribution < 1.29 is 23.5 Å². The van der Waals surface area contributed by atoms with Gasteiger partial charge in [-0.1, -0.05) is 12.1 Å². The molecule has 0 spiro atoms. The fraction of sp³-hybridized carbons (Fsp3) is 0.105. The maximum atomic E-state index is 12.4. The minimum atomic E-state index is -0.738. The molecule has 0 saturated heterocycles. The first-order chi connectivity index (χ1) is 12.5. The highest BCUT2D eigenvalue weighted by Crippen LogP contribution is 2.21. The van der Waals surface area contributed by atoms with E-state index < -0.39 is 11.4 Å². The van der Waals surface area contributed by atoms with E-state index in [0.717, 1.165) is 6.07 Å². The van der Waals surface area contributed by atoms with Crippen LogP contribution in [-0.2, 0) is 4.74 Å². The first-order valence-corrected chi connectivity index (χ1v) is 7.64. The predicted molar refractivity (Wildman–Crippen MR) is 94.8 cm³/mol.